The Hall–Kier alpha value is -1.26. The number of halogens is 1. The summed E-state index contributed by atoms with van der Waals surface area (Å²) in [6.07, 6.45) is 7.47. The number of aromatic nitrogens is 2. The molecule has 0 aliphatic heterocycles. The fraction of sp³-hybridized carbons (Fsp3) is 0.286. The Balaban J connectivity index is 1.63. The van der Waals surface area contributed by atoms with Gasteiger partial charge in [-0.15, -0.1) is 0 Å². The number of pyridine rings is 2. The van der Waals surface area contributed by atoms with Crippen molar-refractivity contribution in [3.63, 3.8) is 0 Å². The van der Waals surface area contributed by atoms with Crippen LogP contribution in [0, 0.1) is 0 Å². The highest BCUT2D eigenvalue weighted by Crippen LogP contribution is 2.08. The first-order chi connectivity index (χ1) is 8.84. The smallest absolute Gasteiger partial charge is 0.0887 e. The first-order valence-electron chi connectivity index (χ1n) is 5.92. The standard InChI is InChI=1S/C14H15BrN2O/c15-13-3-4-14(17-10-13)11-18-9-1-2-12-5-7-16-8-6-12/h3-8,10H,1-2,9,11H2. The third-order valence-electron chi connectivity index (χ3n) is 2.54. The second kappa shape index (κ2) is 7.24. The van der Waals surface area contributed by atoms with E-state index in [1.165, 1.54) is 5.56 Å². The predicted octanol–water partition coefficient (Wildman–Crippen LogP) is 3.39. The van der Waals surface area contributed by atoms with Crippen molar-refractivity contribution in [2.24, 2.45) is 0 Å². The Labute approximate surface area is 115 Å². The zero-order chi connectivity index (χ0) is 12.6. The summed E-state index contributed by atoms with van der Waals surface area (Å²) in [6.45, 7) is 1.32. The summed E-state index contributed by atoms with van der Waals surface area (Å²) in [4.78, 5) is 8.25. The van der Waals surface area contributed by atoms with Crippen LogP contribution >= 0.6 is 15.9 Å². The van der Waals surface area contributed by atoms with Gasteiger partial charge in [0.25, 0.3) is 0 Å². The molecule has 0 aromatic carbocycles. The molecule has 0 bridgehead atoms. The van der Waals surface area contributed by atoms with Crippen molar-refractivity contribution < 1.29 is 4.74 Å². The molecule has 3 nitrogen and oxygen atoms in total. The van der Waals surface area contributed by atoms with E-state index in [1.54, 1.807) is 6.20 Å². The molecule has 0 fully saturated rings. The van der Waals surface area contributed by atoms with Crippen LogP contribution in [0.1, 0.15) is 17.7 Å². The van der Waals surface area contributed by atoms with Crippen LogP contribution < -0.4 is 0 Å². The van der Waals surface area contributed by atoms with E-state index in [4.69, 9.17) is 4.74 Å². The average molecular weight is 307 g/mol. The van der Waals surface area contributed by atoms with Crippen molar-refractivity contribution in [3.05, 3.63) is 58.6 Å². The molecule has 0 aliphatic rings. The van der Waals surface area contributed by atoms with Crippen LogP contribution in [0.2, 0.25) is 0 Å². The Bertz CT molecular complexity index is 459. The number of ether oxygens (including phenoxy) is 1. The van der Waals surface area contributed by atoms with E-state index < -0.39 is 0 Å². The third-order valence-corrected chi connectivity index (χ3v) is 3.01. The molecule has 0 radical (unpaired) electrons. The van der Waals surface area contributed by atoms with Crippen LogP contribution in [-0.2, 0) is 17.8 Å². The second-order valence-corrected chi connectivity index (χ2v) is 4.90. The van der Waals surface area contributed by atoms with Gasteiger partial charge in [-0.05, 0) is 58.6 Å². The lowest BCUT2D eigenvalue weighted by Crippen LogP contribution is -1.99. The molecule has 2 aromatic rings. The minimum Gasteiger partial charge on any atom is -0.375 e. The molecule has 0 saturated carbocycles. The lowest BCUT2D eigenvalue weighted by atomic mass is 10.1. The monoisotopic (exact) mass is 306 g/mol. The highest BCUT2D eigenvalue weighted by atomic mass is 79.9. The molecule has 0 aliphatic carbocycles. The third kappa shape index (κ3) is 4.55. The van der Waals surface area contributed by atoms with Gasteiger partial charge in [-0.3, -0.25) is 9.97 Å². The fourth-order valence-electron chi connectivity index (χ4n) is 1.60. The molecule has 0 unspecified atom stereocenters. The second-order valence-electron chi connectivity index (χ2n) is 3.98. The average Bonchev–Trinajstić information content (AvgIpc) is 2.42. The lowest BCUT2D eigenvalue weighted by Gasteiger charge is -2.04. The molecule has 0 spiro atoms. The first kappa shape index (κ1) is 13.2. The quantitative estimate of drug-likeness (QED) is 0.767. The topological polar surface area (TPSA) is 35.0 Å². The van der Waals surface area contributed by atoms with E-state index in [0.717, 1.165) is 29.6 Å². The summed E-state index contributed by atoms with van der Waals surface area (Å²) in [5.41, 5.74) is 2.26. The Morgan fingerprint density at radius 3 is 2.67 bits per heavy atom. The van der Waals surface area contributed by atoms with E-state index in [9.17, 15) is 0 Å². The molecule has 0 saturated heterocycles. The Kier molecular flexibility index (Phi) is 5.30. The van der Waals surface area contributed by atoms with Gasteiger partial charge in [0.1, 0.15) is 0 Å². The van der Waals surface area contributed by atoms with E-state index in [1.807, 2.05) is 36.7 Å². The van der Waals surface area contributed by atoms with Gasteiger partial charge in [-0.25, -0.2) is 0 Å². The van der Waals surface area contributed by atoms with Crippen LogP contribution in [0.3, 0.4) is 0 Å². The highest BCUT2D eigenvalue weighted by molar-refractivity contribution is 9.10. The molecular weight excluding hydrogens is 292 g/mol. The number of hydrogen-bond donors (Lipinski definition) is 0. The summed E-state index contributed by atoms with van der Waals surface area (Å²) in [7, 11) is 0. The van der Waals surface area contributed by atoms with Crippen molar-refractivity contribution in [3.8, 4) is 0 Å². The zero-order valence-electron chi connectivity index (χ0n) is 10.1. The Morgan fingerprint density at radius 1 is 1.11 bits per heavy atom. The van der Waals surface area contributed by atoms with Crippen molar-refractivity contribution in [1.29, 1.82) is 0 Å². The summed E-state index contributed by atoms with van der Waals surface area (Å²) in [6, 6.07) is 8.02. The minimum absolute atomic E-state index is 0.573. The number of hydrogen-bond acceptors (Lipinski definition) is 3. The molecule has 2 rings (SSSR count). The minimum atomic E-state index is 0.573. The van der Waals surface area contributed by atoms with Gasteiger partial charge in [0.05, 0.1) is 12.3 Å². The maximum atomic E-state index is 5.59. The SMILES string of the molecule is Brc1ccc(COCCCc2ccncc2)nc1. The maximum absolute atomic E-state index is 5.59. The van der Waals surface area contributed by atoms with E-state index in [-0.39, 0.29) is 0 Å². The zero-order valence-corrected chi connectivity index (χ0v) is 11.6. The van der Waals surface area contributed by atoms with Crippen LogP contribution in [0.25, 0.3) is 0 Å². The van der Waals surface area contributed by atoms with Crippen molar-refractivity contribution in [2.45, 2.75) is 19.4 Å². The molecule has 0 atom stereocenters. The van der Waals surface area contributed by atoms with Gasteiger partial charge in [0, 0.05) is 29.7 Å². The number of aryl methyl sites for hydroxylation is 1. The van der Waals surface area contributed by atoms with Gasteiger partial charge in [0.2, 0.25) is 0 Å². The summed E-state index contributed by atoms with van der Waals surface area (Å²) >= 11 is 3.36. The summed E-state index contributed by atoms with van der Waals surface area (Å²) in [5, 5.41) is 0. The molecule has 0 amide bonds. The molecule has 4 heteroatoms. The van der Waals surface area contributed by atoms with Crippen molar-refractivity contribution in [1.82, 2.24) is 9.97 Å². The number of nitrogens with zero attached hydrogens (tertiary/aromatic N) is 2. The van der Waals surface area contributed by atoms with Gasteiger partial charge >= 0.3 is 0 Å². The van der Waals surface area contributed by atoms with Gasteiger partial charge < -0.3 is 4.74 Å². The fourth-order valence-corrected chi connectivity index (χ4v) is 1.83. The molecule has 18 heavy (non-hydrogen) atoms. The highest BCUT2D eigenvalue weighted by Gasteiger charge is 1.96. The van der Waals surface area contributed by atoms with E-state index >= 15 is 0 Å². The van der Waals surface area contributed by atoms with Crippen LogP contribution in [-0.4, -0.2) is 16.6 Å². The van der Waals surface area contributed by atoms with Gasteiger partial charge in [0.15, 0.2) is 0 Å². The van der Waals surface area contributed by atoms with Gasteiger partial charge in [-0.1, -0.05) is 0 Å². The summed E-state index contributed by atoms with van der Waals surface area (Å²) < 4.78 is 6.58. The molecule has 2 aromatic heterocycles. The maximum Gasteiger partial charge on any atom is 0.0887 e. The van der Waals surface area contributed by atoms with Crippen molar-refractivity contribution >= 4 is 15.9 Å². The van der Waals surface area contributed by atoms with Crippen LogP contribution in [0.15, 0.2) is 47.3 Å². The van der Waals surface area contributed by atoms with E-state index in [0.29, 0.717) is 6.61 Å². The molecule has 0 N–H and O–H groups in total. The first-order valence-corrected chi connectivity index (χ1v) is 6.71. The van der Waals surface area contributed by atoms with Gasteiger partial charge in [-0.2, -0.15) is 0 Å². The largest absolute Gasteiger partial charge is 0.375 e. The van der Waals surface area contributed by atoms with Crippen LogP contribution in [0.4, 0.5) is 0 Å². The summed E-state index contributed by atoms with van der Waals surface area (Å²) in [5.74, 6) is 0. The lowest BCUT2D eigenvalue weighted by molar-refractivity contribution is 0.116. The van der Waals surface area contributed by atoms with Crippen molar-refractivity contribution in [2.75, 3.05) is 6.61 Å². The molecule has 94 valence electrons. The van der Waals surface area contributed by atoms with Crippen LogP contribution in [0.5, 0.6) is 0 Å². The number of rotatable bonds is 6. The molecular formula is C14H15BrN2O. The normalized spacial score (nSPS) is 10.5. The molecule has 2 heterocycles. The Morgan fingerprint density at radius 2 is 1.94 bits per heavy atom. The predicted molar refractivity (Wildman–Crippen MR) is 74.2 cm³/mol. The van der Waals surface area contributed by atoms with E-state index in [2.05, 4.69) is 25.9 Å².